The number of likely N-dealkylation sites (N-methyl/N-ethyl adjacent to an activating group) is 1. The van der Waals surface area contributed by atoms with Gasteiger partial charge in [-0.2, -0.15) is 0 Å². The Morgan fingerprint density at radius 2 is 1.73 bits per heavy atom. The van der Waals surface area contributed by atoms with Crippen LogP contribution in [0.15, 0.2) is 54.6 Å². The quantitative estimate of drug-likeness (QED) is 0.373. The average molecular weight is 497 g/mol. The first-order chi connectivity index (χ1) is 17.9. The maximum absolute atomic E-state index is 15.3. The molecule has 1 aromatic heterocycles. The molecule has 6 rings (SSSR count). The van der Waals surface area contributed by atoms with E-state index in [-0.39, 0.29) is 5.82 Å². The molecule has 1 fully saturated rings. The lowest BCUT2D eigenvalue weighted by Crippen LogP contribution is -2.44. The molecule has 0 amide bonds. The number of rotatable bonds is 5. The van der Waals surface area contributed by atoms with Crippen molar-refractivity contribution in [2.75, 3.05) is 64.2 Å². The standard InChI is InChI=1S/C31H33FN4O/c1-34(2)30-8-6-20(18-31(30)37-4)22-13-23-14-24(16-27(32)26(23)15-22)28-17-21-5-7-25(19-29(21)33-28)36-11-9-35(3)10-12-36/h5-8,14-19,33H,9-13H2,1-4H3. The second-order valence-electron chi connectivity index (χ2n) is 10.4. The molecule has 2 heterocycles. The van der Waals surface area contributed by atoms with Gasteiger partial charge in [0.15, 0.2) is 0 Å². The van der Waals surface area contributed by atoms with E-state index in [1.165, 1.54) is 5.69 Å². The maximum atomic E-state index is 15.3. The minimum Gasteiger partial charge on any atom is -0.495 e. The first-order valence-electron chi connectivity index (χ1n) is 12.8. The molecule has 0 unspecified atom stereocenters. The Balaban J connectivity index is 1.28. The van der Waals surface area contributed by atoms with Gasteiger partial charge in [0, 0.05) is 73.7 Å². The molecule has 4 aromatic rings. The van der Waals surface area contributed by atoms with Gasteiger partial charge in [-0.25, -0.2) is 4.39 Å². The number of fused-ring (bicyclic) bond motifs is 2. The van der Waals surface area contributed by atoms with Crippen molar-refractivity contribution in [2.45, 2.75) is 6.42 Å². The van der Waals surface area contributed by atoms with Gasteiger partial charge in [-0.3, -0.25) is 0 Å². The summed E-state index contributed by atoms with van der Waals surface area (Å²) in [6.07, 6.45) is 2.67. The maximum Gasteiger partial charge on any atom is 0.142 e. The smallest absolute Gasteiger partial charge is 0.142 e. The molecule has 3 aromatic carbocycles. The van der Waals surface area contributed by atoms with E-state index < -0.39 is 0 Å². The Hall–Kier alpha value is -3.77. The summed E-state index contributed by atoms with van der Waals surface area (Å²) in [6.45, 7) is 4.21. The topological polar surface area (TPSA) is 34.7 Å². The number of benzene rings is 3. The molecule has 37 heavy (non-hydrogen) atoms. The van der Waals surface area contributed by atoms with Crippen LogP contribution in [0.1, 0.15) is 16.7 Å². The van der Waals surface area contributed by atoms with Gasteiger partial charge < -0.3 is 24.4 Å². The van der Waals surface area contributed by atoms with Crippen LogP contribution in [0, 0.1) is 5.82 Å². The molecule has 190 valence electrons. The summed E-state index contributed by atoms with van der Waals surface area (Å²) in [4.78, 5) is 10.4. The molecular formula is C31H33FN4O. The fraction of sp³-hybridized carbons (Fsp3) is 0.290. The summed E-state index contributed by atoms with van der Waals surface area (Å²) in [5, 5.41) is 1.14. The van der Waals surface area contributed by atoms with Crippen molar-refractivity contribution in [1.82, 2.24) is 9.88 Å². The average Bonchev–Trinajstić information content (AvgIpc) is 3.53. The van der Waals surface area contributed by atoms with Crippen LogP contribution in [-0.2, 0) is 6.42 Å². The molecule has 6 heteroatoms. The summed E-state index contributed by atoms with van der Waals surface area (Å²) >= 11 is 0. The first-order valence-corrected chi connectivity index (χ1v) is 12.8. The number of allylic oxidation sites excluding steroid dienone is 1. The zero-order chi connectivity index (χ0) is 25.7. The van der Waals surface area contributed by atoms with Gasteiger partial charge in [-0.05, 0) is 78.7 Å². The first kappa shape index (κ1) is 23.6. The predicted octanol–water partition coefficient (Wildman–Crippen LogP) is 5.90. The Morgan fingerprint density at radius 1 is 0.919 bits per heavy atom. The van der Waals surface area contributed by atoms with Crippen molar-refractivity contribution in [1.29, 1.82) is 0 Å². The highest BCUT2D eigenvalue weighted by atomic mass is 19.1. The molecule has 0 spiro atoms. The Bertz CT molecular complexity index is 1510. The molecule has 0 bridgehead atoms. The van der Waals surface area contributed by atoms with Crippen molar-refractivity contribution in [2.24, 2.45) is 0 Å². The van der Waals surface area contributed by atoms with E-state index in [0.29, 0.717) is 12.0 Å². The van der Waals surface area contributed by atoms with Crippen molar-refractivity contribution in [3.05, 3.63) is 77.1 Å². The fourth-order valence-electron chi connectivity index (χ4n) is 5.53. The second kappa shape index (κ2) is 9.27. The highest BCUT2D eigenvalue weighted by molar-refractivity contribution is 5.92. The van der Waals surface area contributed by atoms with Crippen LogP contribution in [0.25, 0.3) is 33.8 Å². The molecule has 0 radical (unpaired) electrons. The molecular weight excluding hydrogens is 463 g/mol. The van der Waals surface area contributed by atoms with Crippen LogP contribution in [-0.4, -0.2) is 64.3 Å². The Labute approximate surface area is 217 Å². The number of piperazine rings is 1. The molecule has 1 N–H and O–H groups in total. The number of anilines is 2. The third kappa shape index (κ3) is 4.36. The Kier molecular flexibility index (Phi) is 5.92. The highest BCUT2D eigenvalue weighted by Gasteiger charge is 2.21. The number of ether oxygens (including phenoxy) is 1. The zero-order valence-corrected chi connectivity index (χ0v) is 21.9. The number of H-pyrrole nitrogens is 1. The summed E-state index contributed by atoms with van der Waals surface area (Å²) in [6, 6.07) is 18.7. The van der Waals surface area contributed by atoms with Gasteiger partial charge in [-0.1, -0.05) is 12.1 Å². The minimum absolute atomic E-state index is 0.184. The van der Waals surface area contributed by atoms with Gasteiger partial charge in [-0.15, -0.1) is 0 Å². The molecule has 1 saturated heterocycles. The molecule has 5 nitrogen and oxygen atoms in total. The van der Waals surface area contributed by atoms with Gasteiger partial charge in [0.25, 0.3) is 0 Å². The third-order valence-electron chi connectivity index (χ3n) is 7.73. The lowest BCUT2D eigenvalue weighted by Gasteiger charge is -2.34. The number of hydrogen-bond acceptors (Lipinski definition) is 4. The predicted molar refractivity (Wildman–Crippen MR) is 152 cm³/mol. The van der Waals surface area contributed by atoms with E-state index >= 15 is 4.39 Å². The summed E-state index contributed by atoms with van der Waals surface area (Å²) in [7, 11) is 7.85. The van der Waals surface area contributed by atoms with Crippen LogP contribution in [0.5, 0.6) is 5.75 Å². The van der Waals surface area contributed by atoms with Crippen LogP contribution < -0.4 is 14.5 Å². The van der Waals surface area contributed by atoms with Gasteiger partial charge in [0.1, 0.15) is 11.6 Å². The van der Waals surface area contributed by atoms with Crippen molar-refractivity contribution < 1.29 is 9.13 Å². The Morgan fingerprint density at radius 3 is 2.49 bits per heavy atom. The summed E-state index contributed by atoms with van der Waals surface area (Å²) in [5.41, 5.74) is 9.01. The van der Waals surface area contributed by atoms with E-state index in [0.717, 1.165) is 76.5 Å². The molecule has 2 aliphatic rings. The van der Waals surface area contributed by atoms with Crippen molar-refractivity contribution in [3.8, 4) is 17.0 Å². The minimum atomic E-state index is -0.184. The number of aromatic nitrogens is 1. The largest absolute Gasteiger partial charge is 0.495 e. The summed E-state index contributed by atoms with van der Waals surface area (Å²) in [5.74, 6) is 0.630. The van der Waals surface area contributed by atoms with Gasteiger partial charge in [0.2, 0.25) is 0 Å². The number of halogens is 1. The zero-order valence-electron chi connectivity index (χ0n) is 21.9. The lowest BCUT2D eigenvalue weighted by molar-refractivity contribution is 0.313. The normalized spacial score (nSPS) is 15.7. The molecule has 1 aliphatic heterocycles. The van der Waals surface area contributed by atoms with Gasteiger partial charge in [0.05, 0.1) is 12.8 Å². The highest BCUT2D eigenvalue weighted by Crippen LogP contribution is 2.39. The van der Waals surface area contributed by atoms with E-state index in [2.05, 4.69) is 64.3 Å². The molecule has 0 atom stereocenters. The second-order valence-corrected chi connectivity index (χ2v) is 10.4. The molecule has 0 saturated carbocycles. The number of hydrogen-bond donors (Lipinski definition) is 1. The summed E-state index contributed by atoms with van der Waals surface area (Å²) < 4.78 is 20.9. The van der Waals surface area contributed by atoms with Crippen LogP contribution >= 0.6 is 0 Å². The number of nitrogens with one attached hydrogen (secondary N) is 1. The van der Waals surface area contributed by atoms with Crippen LogP contribution in [0.2, 0.25) is 0 Å². The van der Waals surface area contributed by atoms with Crippen molar-refractivity contribution in [3.63, 3.8) is 0 Å². The van der Waals surface area contributed by atoms with Gasteiger partial charge >= 0.3 is 0 Å². The van der Waals surface area contributed by atoms with Crippen LogP contribution in [0.4, 0.5) is 15.8 Å². The SMILES string of the molecule is COc1cc(C2=Cc3c(F)cc(-c4cc5ccc(N6CCN(C)CC6)cc5[nH]4)cc3C2)ccc1N(C)C. The van der Waals surface area contributed by atoms with E-state index in [4.69, 9.17) is 4.74 Å². The number of nitrogens with zero attached hydrogens (tertiary/aromatic N) is 3. The molecule has 1 aliphatic carbocycles. The van der Waals surface area contributed by atoms with E-state index in [9.17, 15) is 0 Å². The monoisotopic (exact) mass is 496 g/mol. The van der Waals surface area contributed by atoms with Crippen LogP contribution in [0.3, 0.4) is 0 Å². The third-order valence-corrected chi connectivity index (χ3v) is 7.73. The van der Waals surface area contributed by atoms with Crippen molar-refractivity contribution >= 4 is 33.9 Å². The van der Waals surface area contributed by atoms with E-state index in [1.807, 2.05) is 31.1 Å². The number of methoxy groups -OCH3 is 1. The fourth-order valence-corrected chi connectivity index (χ4v) is 5.53. The lowest BCUT2D eigenvalue weighted by atomic mass is 10.0. The van der Waals surface area contributed by atoms with E-state index in [1.54, 1.807) is 13.2 Å². The number of aromatic amines is 1.